The van der Waals surface area contributed by atoms with E-state index in [9.17, 15) is 9.59 Å². The molecule has 0 aromatic heterocycles. The molecule has 6 nitrogen and oxygen atoms in total. The van der Waals surface area contributed by atoms with Crippen LogP contribution in [0.2, 0.25) is 0 Å². The van der Waals surface area contributed by atoms with Crippen molar-refractivity contribution < 1.29 is 14.3 Å². The van der Waals surface area contributed by atoms with Gasteiger partial charge in [0.2, 0.25) is 5.91 Å². The minimum absolute atomic E-state index is 0.167. The summed E-state index contributed by atoms with van der Waals surface area (Å²) in [6.07, 6.45) is 1.63. The second kappa shape index (κ2) is 7.76. The molecule has 2 heterocycles. The van der Waals surface area contributed by atoms with Crippen LogP contribution in [0.4, 0.5) is 11.4 Å². The maximum atomic E-state index is 12.6. The second-order valence-electron chi connectivity index (χ2n) is 8.83. The summed E-state index contributed by atoms with van der Waals surface area (Å²) in [5.74, 6) is -0.360. The first-order valence-corrected chi connectivity index (χ1v) is 10.4. The fraction of sp³-hybridized carbons (Fsp3) is 0.417. The van der Waals surface area contributed by atoms with Gasteiger partial charge >= 0.3 is 0 Å². The fourth-order valence-corrected chi connectivity index (χ4v) is 4.76. The number of aldehydes is 1. The average Bonchev–Trinajstić information content (AvgIpc) is 2.72. The minimum Gasteiger partial charge on any atom is -0.377 e. The Balaban J connectivity index is 1.71. The first kappa shape index (κ1) is 20.4. The number of benzene rings is 2. The molecule has 1 amide bonds. The molecular formula is C24H29N3O3. The molecule has 2 aromatic rings. The quantitative estimate of drug-likeness (QED) is 0.760. The predicted molar refractivity (Wildman–Crippen MR) is 118 cm³/mol. The number of rotatable bonds is 4. The lowest BCUT2D eigenvalue weighted by molar-refractivity contribution is -0.127. The summed E-state index contributed by atoms with van der Waals surface area (Å²) in [5.41, 5.74) is 9.68. The van der Waals surface area contributed by atoms with E-state index in [1.54, 1.807) is 6.07 Å². The molecule has 158 valence electrons. The number of hydrogen-bond donors (Lipinski definition) is 2. The normalized spacial score (nSPS) is 28.4. The average molecular weight is 408 g/mol. The smallest absolute Gasteiger partial charge is 0.226 e. The summed E-state index contributed by atoms with van der Waals surface area (Å²) in [7, 11) is 0. The number of hydrogen-bond acceptors (Lipinski definition) is 5. The van der Waals surface area contributed by atoms with Crippen molar-refractivity contribution in [3.05, 3.63) is 59.2 Å². The van der Waals surface area contributed by atoms with E-state index in [-0.39, 0.29) is 24.2 Å². The summed E-state index contributed by atoms with van der Waals surface area (Å²) < 4.78 is 5.87. The number of nitrogens with one attached hydrogen (secondary N) is 1. The monoisotopic (exact) mass is 407 g/mol. The first-order chi connectivity index (χ1) is 14.3. The van der Waals surface area contributed by atoms with Crippen LogP contribution >= 0.6 is 0 Å². The highest BCUT2D eigenvalue weighted by Crippen LogP contribution is 2.45. The Bertz CT molecular complexity index is 966. The van der Waals surface area contributed by atoms with E-state index in [0.29, 0.717) is 12.0 Å². The maximum absolute atomic E-state index is 12.6. The van der Waals surface area contributed by atoms with Crippen LogP contribution in [0.3, 0.4) is 0 Å². The molecule has 2 aliphatic rings. The number of carbonyl (C=O) groups is 2. The van der Waals surface area contributed by atoms with Crippen molar-refractivity contribution in [2.24, 2.45) is 11.1 Å². The fourth-order valence-electron chi connectivity index (χ4n) is 4.76. The SMILES string of the molecule is CC1CN(c2cccc(C3Nc4ccc(C=O)cc4CC3(C)C(N)=O)c2)CC(C)O1. The number of fused-ring (bicyclic) bond motifs is 1. The van der Waals surface area contributed by atoms with Gasteiger partial charge in [-0.1, -0.05) is 12.1 Å². The third-order valence-electron chi connectivity index (χ3n) is 6.31. The number of morpholine rings is 1. The summed E-state index contributed by atoms with van der Waals surface area (Å²) in [6, 6.07) is 13.6. The van der Waals surface area contributed by atoms with Crippen LogP contribution in [0.5, 0.6) is 0 Å². The van der Waals surface area contributed by atoms with E-state index in [0.717, 1.165) is 41.9 Å². The number of carbonyl (C=O) groups excluding carboxylic acids is 2. The Labute approximate surface area is 177 Å². The van der Waals surface area contributed by atoms with Crippen LogP contribution in [-0.4, -0.2) is 37.5 Å². The molecule has 2 aromatic carbocycles. The molecule has 0 bridgehead atoms. The summed E-state index contributed by atoms with van der Waals surface area (Å²) >= 11 is 0. The molecule has 4 atom stereocenters. The van der Waals surface area contributed by atoms with Gasteiger partial charge in [0.25, 0.3) is 0 Å². The van der Waals surface area contributed by atoms with Gasteiger partial charge in [0, 0.05) is 30.0 Å². The van der Waals surface area contributed by atoms with E-state index in [4.69, 9.17) is 10.5 Å². The van der Waals surface area contributed by atoms with Gasteiger partial charge in [-0.3, -0.25) is 9.59 Å². The maximum Gasteiger partial charge on any atom is 0.226 e. The topological polar surface area (TPSA) is 84.7 Å². The van der Waals surface area contributed by atoms with Crippen LogP contribution in [-0.2, 0) is 16.0 Å². The van der Waals surface area contributed by atoms with Gasteiger partial charge in [-0.05, 0) is 68.7 Å². The number of ether oxygens (including phenoxy) is 1. The molecule has 0 saturated carbocycles. The second-order valence-corrected chi connectivity index (χ2v) is 8.83. The van der Waals surface area contributed by atoms with Gasteiger partial charge in [0.1, 0.15) is 6.29 Å². The number of anilines is 2. The number of primary amides is 1. The Morgan fingerprint density at radius 3 is 2.60 bits per heavy atom. The summed E-state index contributed by atoms with van der Waals surface area (Å²) in [6.45, 7) is 7.73. The predicted octanol–water partition coefficient (Wildman–Crippen LogP) is 3.31. The van der Waals surface area contributed by atoms with Crippen molar-refractivity contribution in [1.82, 2.24) is 0 Å². The standard InChI is InChI=1S/C24H29N3O3/c1-15-12-27(13-16(2)30-15)20-6-4-5-18(10-20)22-24(3,23(25)29)11-19-9-17(14-28)7-8-21(19)26-22/h4-10,14-16,22,26H,11-13H2,1-3H3,(H2,25,29). The van der Waals surface area contributed by atoms with Crippen LogP contribution in [0.1, 0.15) is 48.3 Å². The number of amides is 1. The van der Waals surface area contributed by atoms with E-state index < -0.39 is 5.41 Å². The molecule has 30 heavy (non-hydrogen) atoms. The largest absolute Gasteiger partial charge is 0.377 e. The highest BCUT2D eigenvalue weighted by Gasteiger charge is 2.44. The molecule has 1 fully saturated rings. The zero-order valence-corrected chi connectivity index (χ0v) is 17.7. The third kappa shape index (κ3) is 3.67. The molecular weight excluding hydrogens is 378 g/mol. The van der Waals surface area contributed by atoms with Crippen molar-refractivity contribution in [2.45, 2.75) is 45.4 Å². The zero-order chi connectivity index (χ0) is 21.5. The van der Waals surface area contributed by atoms with Gasteiger partial charge in [-0.15, -0.1) is 0 Å². The Kier molecular flexibility index (Phi) is 5.28. The number of nitrogens with zero attached hydrogens (tertiary/aromatic N) is 1. The molecule has 3 N–H and O–H groups in total. The molecule has 1 saturated heterocycles. The third-order valence-corrected chi connectivity index (χ3v) is 6.31. The van der Waals surface area contributed by atoms with Crippen LogP contribution in [0.25, 0.3) is 0 Å². The molecule has 4 unspecified atom stereocenters. The minimum atomic E-state index is -0.821. The Hall–Kier alpha value is -2.86. The van der Waals surface area contributed by atoms with Gasteiger partial charge in [-0.25, -0.2) is 0 Å². The first-order valence-electron chi connectivity index (χ1n) is 10.4. The Morgan fingerprint density at radius 1 is 1.20 bits per heavy atom. The molecule has 0 spiro atoms. The van der Waals surface area contributed by atoms with E-state index in [1.165, 1.54) is 0 Å². The lowest BCUT2D eigenvalue weighted by atomic mass is 9.70. The van der Waals surface area contributed by atoms with Gasteiger partial charge in [0.15, 0.2) is 0 Å². The molecule has 6 heteroatoms. The van der Waals surface area contributed by atoms with Crippen molar-refractivity contribution in [3.8, 4) is 0 Å². The zero-order valence-electron chi connectivity index (χ0n) is 17.7. The van der Waals surface area contributed by atoms with Crippen LogP contribution in [0.15, 0.2) is 42.5 Å². The summed E-state index contributed by atoms with van der Waals surface area (Å²) in [4.78, 5) is 26.1. The summed E-state index contributed by atoms with van der Waals surface area (Å²) in [5, 5.41) is 3.52. The van der Waals surface area contributed by atoms with Crippen molar-refractivity contribution >= 4 is 23.6 Å². The van der Waals surface area contributed by atoms with Gasteiger partial charge in [0.05, 0.1) is 23.7 Å². The van der Waals surface area contributed by atoms with Crippen LogP contribution in [0, 0.1) is 5.41 Å². The van der Waals surface area contributed by atoms with Crippen molar-refractivity contribution in [2.75, 3.05) is 23.3 Å². The Morgan fingerprint density at radius 2 is 1.93 bits per heavy atom. The number of nitrogens with two attached hydrogens (primary N) is 1. The van der Waals surface area contributed by atoms with Gasteiger partial charge in [-0.2, -0.15) is 0 Å². The molecule has 0 aliphatic carbocycles. The van der Waals surface area contributed by atoms with E-state index in [2.05, 4.69) is 36.2 Å². The van der Waals surface area contributed by atoms with Crippen LogP contribution < -0.4 is 16.0 Å². The molecule has 4 rings (SSSR count). The van der Waals surface area contributed by atoms with Gasteiger partial charge < -0.3 is 20.7 Å². The lowest BCUT2D eigenvalue weighted by Gasteiger charge is -2.42. The van der Waals surface area contributed by atoms with E-state index >= 15 is 0 Å². The highest BCUT2D eigenvalue weighted by atomic mass is 16.5. The lowest BCUT2D eigenvalue weighted by Crippen LogP contribution is -2.47. The molecule has 2 aliphatic heterocycles. The van der Waals surface area contributed by atoms with Crippen molar-refractivity contribution in [3.63, 3.8) is 0 Å². The highest BCUT2D eigenvalue weighted by molar-refractivity contribution is 5.85. The van der Waals surface area contributed by atoms with E-state index in [1.807, 2.05) is 31.2 Å². The molecule has 0 radical (unpaired) electrons. The van der Waals surface area contributed by atoms with Crippen molar-refractivity contribution in [1.29, 1.82) is 0 Å².